The lowest BCUT2D eigenvalue weighted by Crippen LogP contribution is -2.24. The Bertz CT molecular complexity index is 852. The lowest BCUT2D eigenvalue weighted by atomic mass is 9.90. The zero-order valence-corrected chi connectivity index (χ0v) is 12.8. The molecule has 1 aliphatic rings. The number of pyridine rings is 1. The van der Waals surface area contributed by atoms with Crippen LogP contribution >= 0.6 is 0 Å². The van der Waals surface area contributed by atoms with Gasteiger partial charge in [-0.1, -0.05) is 12.1 Å². The highest BCUT2D eigenvalue weighted by Crippen LogP contribution is 2.52. The van der Waals surface area contributed by atoms with Gasteiger partial charge in [-0.05, 0) is 30.5 Å². The SMILES string of the molecule is COC(=O)C1(c2cc(C(F)(F)F)nc3c(C(F)(F)F)cccc23)CC1. The van der Waals surface area contributed by atoms with Crippen molar-refractivity contribution in [1.29, 1.82) is 0 Å². The first kappa shape index (κ1) is 17.5. The van der Waals surface area contributed by atoms with E-state index in [0.717, 1.165) is 13.2 Å². The minimum atomic E-state index is -4.95. The molecule has 3 nitrogen and oxygen atoms in total. The number of benzene rings is 1. The number of ether oxygens (including phenoxy) is 1. The zero-order chi connectivity index (χ0) is 18.6. The van der Waals surface area contributed by atoms with E-state index in [0.29, 0.717) is 12.1 Å². The van der Waals surface area contributed by atoms with Crippen molar-refractivity contribution in [2.45, 2.75) is 30.6 Å². The molecule has 1 aliphatic carbocycles. The molecule has 0 aliphatic heterocycles. The number of carbonyl (C=O) groups is 1. The predicted molar refractivity (Wildman–Crippen MR) is 74.7 cm³/mol. The summed E-state index contributed by atoms with van der Waals surface area (Å²) in [6.07, 6.45) is -9.43. The fraction of sp³-hybridized carbons (Fsp3) is 0.375. The van der Waals surface area contributed by atoms with E-state index < -0.39 is 40.5 Å². The quantitative estimate of drug-likeness (QED) is 0.584. The number of fused-ring (bicyclic) bond motifs is 1. The molecule has 0 radical (unpaired) electrons. The molecule has 0 bridgehead atoms. The van der Waals surface area contributed by atoms with Crippen molar-refractivity contribution < 1.29 is 35.9 Å². The normalized spacial score (nSPS) is 16.8. The lowest BCUT2D eigenvalue weighted by Gasteiger charge is -2.19. The first-order chi connectivity index (χ1) is 11.5. The van der Waals surface area contributed by atoms with Gasteiger partial charge in [0.25, 0.3) is 0 Å². The highest BCUT2D eigenvalue weighted by atomic mass is 19.4. The molecule has 1 heterocycles. The molecule has 3 rings (SSSR count). The summed E-state index contributed by atoms with van der Waals surface area (Å²) in [4.78, 5) is 15.2. The monoisotopic (exact) mass is 363 g/mol. The van der Waals surface area contributed by atoms with Crippen LogP contribution in [0, 0.1) is 0 Å². The van der Waals surface area contributed by atoms with E-state index in [1.54, 1.807) is 0 Å². The predicted octanol–water partition coefficient (Wildman–Crippen LogP) is 4.48. The summed E-state index contributed by atoms with van der Waals surface area (Å²) in [5.41, 5.74) is -5.07. The fourth-order valence-electron chi connectivity index (χ4n) is 2.92. The smallest absolute Gasteiger partial charge is 0.433 e. The average molecular weight is 363 g/mol. The molecule has 2 aromatic rings. The number of hydrogen-bond donors (Lipinski definition) is 0. The Labute approximate surface area is 137 Å². The third-order valence-corrected chi connectivity index (χ3v) is 4.28. The van der Waals surface area contributed by atoms with E-state index in [1.165, 1.54) is 6.07 Å². The molecular formula is C16H11F6NO2. The molecule has 134 valence electrons. The molecule has 9 heteroatoms. The van der Waals surface area contributed by atoms with Crippen molar-refractivity contribution in [3.05, 3.63) is 41.1 Å². The second-order valence-corrected chi connectivity index (χ2v) is 5.83. The van der Waals surface area contributed by atoms with Gasteiger partial charge in [-0.25, -0.2) is 4.98 Å². The zero-order valence-electron chi connectivity index (χ0n) is 12.8. The molecule has 1 saturated carbocycles. The minimum Gasteiger partial charge on any atom is -0.468 e. The van der Waals surface area contributed by atoms with Gasteiger partial charge in [0.05, 0.1) is 23.6 Å². The summed E-state index contributed by atoms with van der Waals surface area (Å²) in [6.45, 7) is 0. The third kappa shape index (κ3) is 2.81. The van der Waals surface area contributed by atoms with E-state index in [9.17, 15) is 31.1 Å². The van der Waals surface area contributed by atoms with Crippen molar-refractivity contribution in [2.75, 3.05) is 7.11 Å². The number of rotatable bonds is 2. The van der Waals surface area contributed by atoms with Crippen LogP contribution in [0.2, 0.25) is 0 Å². The number of esters is 1. The first-order valence-corrected chi connectivity index (χ1v) is 7.18. The van der Waals surface area contributed by atoms with Gasteiger partial charge < -0.3 is 4.74 Å². The van der Waals surface area contributed by atoms with Gasteiger partial charge in [-0.15, -0.1) is 0 Å². The maximum absolute atomic E-state index is 13.2. The number of alkyl halides is 6. The number of para-hydroxylation sites is 1. The largest absolute Gasteiger partial charge is 0.468 e. The van der Waals surface area contributed by atoms with Crippen LogP contribution in [-0.4, -0.2) is 18.1 Å². The van der Waals surface area contributed by atoms with E-state index in [-0.39, 0.29) is 23.8 Å². The molecule has 0 amide bonds. The van der Waals surface area contributed by atoms with Gasteiger partial charge in [0, 0.05) is 5.39 Å². The van der Waals surface area contributed by atoms with Gasteiger partial charge >= 0.3 is 18.3 Å². The molecule has 25 heavy (non-hydrogen) atoms. The number of aromatic nitrogens is 1. The molecule has 0 saturated heterocycles. The molecule has 1 fully saturated rings. The molecule has 1 aromatic heterocycles. The number of carbonyl (C=O) groups excluding carboxylic acids is 1. The van der Waals surface area contributed by atoms with E-state index >= 15 is 0 Å². The topological polar surface area (TPSA) is 39.2 Å². The summed E-state index contributed by atoms with van der Waals surface area (Å²) in [6, 6.07) is 3.62. The van der Waals surface area contributed by atoms with Crippen molar-refractivity contribution in [3.63, 3.8) is 0 Å². The Balaban J connectivity index is 2.39. The Morgan fingerprint density at radius 2 is 1.76 bits per heavy atom. The first-order valence-electron chi connectivity index (χ1n) is 7.18. The minimum absolute atomic E-state index is 0.134. The molecule has 0 N–H and O–H groups in total. The van der Waals surface area contributed by atoms with Gasteiger partial charge in [0.1, 0.15) is 5.69 Å². The van der Waals surface area contributed by atoms with Crippen LogP contribution in [0.3, 0.4) is 0 Å². The van der Waals surface area contributed by atoms with Gasteiger partial charge in [0.2, 0.25) is 0 Å². The highest BCUT2D eigenvalue weighted by Gasteiger charge is 2.54. The number of methoxy groups -OCH3 is 1. The van der Waals surface area contributed by atoms with E-state index in [1.807, 2.05) is 0 Å². The molecule has 1 aromatic carbocycles. The Morgan fingerprint density at radius 3 is 2.24 bits per heavy atom. The van der Waals surface area contributed by atoms with E-state index in [2.05, 4.69) is 9.72 Å². The van der Waals surface area contributed by atoms with Crippen LogP contribution in [0.4, 0.5) is 26.3 Å². The summed E-state index contributed by atoms with van der Waals surface area (Å²) in [5.74, 6) is -0.773. The van der Waals surface area contributed by atoms with Gasteiger partial charge in [0.15, 0.2) is 0 Å². The van der Waals surface area contributed by atoms with Crippen LogP contribution < -0.4 is 0 Å². The van der Waals surface area contributed by atoms with Crippen LogP contribution in [-0.2, 0) is 27.3 Å². The summed E-state index contributed by atoms with van der Waals surface area (Å²) in [7, 11) is 1.08. The molecule has 0 unspecified atom stereocenters. The highest BCUT2D eigenvalue weighted by molar-refractivity contribution is 5.95. The number of nitrogens with zero attached hydrogens (tertiary/aromatic N) is 1. The van der Waals surface area contributed by atoms with Crippen molar-refractivity contribution >= 4 is 16.9 Å². The maximum Gasteiger partial charge on any atom is 0.433 e. The summed E-state index contributed by atoms with van der Waals surface area (Å²) in [5, 5.41) is -0.134. The van der Waals surface area contributed by atoms with Crippen molar-refractivity contribution in [3.8, 4) is 0 Å². The van der Waals surface area contributed by atoms with Crippen LogP contribution in [0.25, 0.3) is 10.9 Å². The second-order valence-electron chi connectivity index (χ2n) is 5.83. The number of halogens is 6. The van der Waals surface area contributed by atoms with Gasteiger partial charge in [-0.2, -0.15) is 26.3 Å². The maximum atomic E-state index is 13.2. The van der Waals surface area contributed by atoms with Gasteiger partial charge in [-0.3, -0.25) is 4.79 Å². The summed E-state index contributed by atoms with van der Waals surface area (Å²) >= 11 is 0. The Hall–Kier alpha value is -2.32. The molecular weight excluding hydrogens is 352 g/mol. The number of hydrogen-bond acceptors (Lipinski definition) is 3. The van der Waals surface area contributed by atoms with Crippen LogP contribution in [0.5, 0.6) is 0 Å². The molecule has 0 spiro atoms. The third-order valence-electron chi connectivity index (χ3n) is 4.28. The average Bonchev–Trinajstić information content (AvgIpc) is 3.32. The van der Waals surface area contributed by atoms with E-state index in [4.69, 9.17) is 0 Å². The van der Waals surface area contributed by atoms with Crippen LogP contribution in [0.15, 0.2) is 24.3 Å². The fourth-order valence-corrected chi connectivity index (χ4v) is 2.92. The van der Waals surface area contributed by atoms with Crippen molar-refractivity contribution in [1.82, 2.24) is 4.98 Å². The Kier molecular flexibility index (Phi) is 3.74. The summed E-state index contributed by atoms with van der Waals surface area (Å²) < 4.78 is 83.7. The Morgan fingerprint density at radius 1 is 1.12 bits per heavy atom. The second kappa shape index (κ2) is 5.34. The standard InChI is InChI=1S/C16H11F6NO2/c1-25-13(24)14(5-6-14)10-7-11(16(20,21)22)23-12-8(10)3-2-4-9(12)15(17,18)19/h2-4,7H,5-6H2,1H3. The lowest BCUT2D eigenvalue weighted by molar-refractivity contribution is -0.144. The van der Waals surface area contributed by atoms with Crippen molar-refractivity contribution in [2.24, 2.45) is 0 Å². The van der Waals surface area contributed by atoms with Crippen LogP contribution in [0.1, 0.15) is 29.7 Å². The molecule has 0 atom stereocenters.